The molecule has 3 aliphatic rings. The topological polar surface area (TPSA) is 117 Å². The van der Waals surface area contributed by atoms with Crippen LogP contribution in [0.15, 0.2) is 65.8 Å². The van der Waals surface area contributed by atoms with Gasteiger partial charge in [-0.2, -0.15) is 5.10 Å². The number of rotatable bonds is 6. The van der Waals surface area contributed by atoms with E-state index in [1.165, 1.54) is 41.4 Å². The highest BCUT2D eigenvalue weighted by atomic mass is 19.1. The minimum atomic E-state index is -1.17. The third-order valence-corrected chi connectivity index (χ3v) is 10.1. The van der Waals surface area contributed by atoms with Crippen LogP contribution in [0.1, 0.15) is 48.9 Å². The Balaban J connectivity index is 1.00. The smallest absolute Gasteiger partial charge is 0.264 e. The molecule has 2 saturated heterocycles. The highest BCUT2D eigenvalue weighted by Gasteiger charge is 2.45. The highest BCUT2D eigenvalue weighted by molar-refractivity contribution is 5.94. The number of amides is 1. The second kappa shape index (κ2) is 11.1. The fourth-order valence-electron chi connectivity index (χ4n) is 7.37. The molecule has 230 valence electrons. The number of aliphatic hydroxyl groups excluding tert-OH is 1. The standard InChI is InChI=1S/C33H37FN6O4/c34-25-3-1-24(2-4-25)30(42)38-15-11-33(44,12-16-38)21-39-22-35-29-28(31(39)43)19-36-40(29)27-7-5-26(6-8-27)37-13-9-32(10-14-37)17-23(18-32)20-41/h1-8,19,22-23,41,44H,9-18,20-21H2. The molecule has 3 fully saturated rings. The molecule has 4 aromatic rings. The molecular weight excluding hydrogens is 563 g/mol. The average molecular weight is 601 g/mol. The number of fused-ring (bicyclic) bond motifs is 1. The maximum absolute atomic E-state index is 13.4. The van der Waals surface area contributed by atoms with Gasteiger partial charge in [0, 0.05) is 44.0 Å². The molecule has 7 rings (SSSR count). The lowest BCUT2D eigenvalue weighted by Gasteiger charge is -2.52. The Morgan fingerprint density at radius 1 is 0.932 bits per heavy atom. The first kappa shape index (κ1) is 28.7. The van der Waals surface area contributed by atoms with Crippen molar-refractivity contribution in [2.45, 2.75) is 50.7 Å². The first-order valence-corrected chi connectivity index (χ1v) is 15.4. The van der Waals surface area contributed by atoms with Gasteiger partial charge in [0.05, 0.1) is 24.0 Å². The number of anilines is 1. The van der Waals surface area contributed by atoms with Gasteiger partial charge in [-0.15, -0.1) is 0 Å². The van der Waals surface area contributed by atoms with Crippen LogP contribution in [0.3, 0.4) is 0 Å². The van der Waals surface area contributed by atoms with E-state index >= 15 is 0 Å². The molecule has 0 bridgehead atoms. The third kappa shape index (κ3) is 5.28. The van der Waals surface area contributed by atoms with E-state index in [0.29, 0.717) is 60.5 Å². The van der Waals surface area contributed by atoms with Crippen molar-refractivity contribution in [3.8, 4) is 5.69 Å². The summed E-state index contributed by atoms with van der Waals surface area (Å²) >= 11 is 0. The van der Waals surface area contributed by atoms with Crippen LogP contribution in [0.25, 0.3) is 16.7 Å². The van der Waals surface area contributed by atoms with Crippen molar-refractivity contribution in [3.63, 3.8) is 0 Å². The van der Waals surface area contributed by atoms with Crippen molar-refractivity contribution < 1.29 is 19.4 Å². The van der Waals surface area contributed by atoms with Gasteiger partial charge in [-0.3, -0.25) is 14.2 Å². The zero-order valence-corrected chi connectivity index (χ0v) is 24.6. The molecule has 0 radical (unpaired) electrons. The summed E-state index contributed by atoms with van der Waals surface area (Å²) in [7, 11) is 0. The minimum Gasteiger partial charge on any atom is -0.396 e. The Morgan fingerprint density at radius 2 is 1.59 bits per heavy atom. The second-order valence-electron chi connectivity index (χ2n) is 13.0. The number of hydrogen-bond donors (Lipinski definition) is 2. The minimum absolute atomic E-state index is 0.0605. The molecule has 1 aliphatic carbocycles. The fourth-order valence-corrected chi connectivity index (χ4v) is 7.37. The summed E-state index contributed by atoms with van der Waals surface area (Å²) in [5.74, 6) is -0.123. The number of halogens is 1. The monoisotopic (exact) mass is 600 g/mol. The van der Waals surface area contributed by atoms with Crippen molar-refractivity contribution in [1.82, 2.24) is 24.2 Å². The number of carbonyl (C=O) groups is 1. The van der Waals surface area contributed by atoms with Crippen LogP contribution in [-0.4, -0.2) is 78.7 Å². The predicted octanol–water partition coefficient (Wildman–Crippen LogP) is 3.38. The summed E-state index contributed by atoms with van der Waals surface area (Å²) < 4.78 is 16.3. The van der Waals surface area contributed by atoms with Gasteiger partial charge in [0.1, 0.15) is 17.5 Å². The number of nitrogens with zero attached hydrogens (tertiary/aromatic N) is 6. The molecule has 0 atom stereocenters. The quantitative estimate of drug-likeness (QED) is 0.349. The van der Waals surface area contributed by atoms with E-state index in [1.54, 1.807) is 9.58 Å². The number of aromatic nitrogens is 4. The first-order chi connectivity index (χ1) is 21.2. The van der Waals surface area contributed by atoms with Crippen LogP contribution in [-0.2, 0) is 6.54 Å². The maximum Gasteiger partial charge on any atom is 0.264 e. The second-order valence-corrected chi connectivity index (χ2v) is 13.0. The van der Waals surface area contributed by atoms with E-state index in [1.807, 2.05) is 12.1 Å². The average Bonchev–Trinajstić information content (AvgIpc) is 3.47. The van der Waals surface area contributed by atoms with Gasteiger partial charge in [0.15, 0.2) is 5.65 Å². The molecule has 11 heteroatoms. The molecule has 0 unspecified atom stereocenters. The lowest BCUT2D eigenvalue weighted by atomic mass is 9.58. The summed E-state index contributed by atoms with van der Waals surface area (Å²) in [6.45, 7) is 3.05. The number of hydrogen-bond acceptors (Lipinski definition) is 7. The van der Waals surface area contributed by atoms with E-state index in [9.17, 15) is 24.2 Å². The van der Waals surface area contributed by atoms with Gasteiger partial charge in [-0.25, -0.2) is 14.1 Å². The normalized spacial score (nSPS) is 19.8. The Bertz CT molecular complexity index is 1710. The van der Waals surface area contributed by atoms with E-state index in [2.05, 4.69) is 27.1 Å². The Labute approximate surface area is 254 Å². The van der Waals surface area contributed by atoms with Crippen molar-refractivity contribution in [3.05, 3.63) is 82.8 Å². The van der Waals surface area contributed by atoms with Crippen molar-refractivity contribution >= 4 is 22.6 Å². The van der Waals surface area contributed by atoms with Crippen LogP contribution >= 0.6 is 0 Å². The summed E-state index contributed by atoms with van der Waals surface area (Å²) in [4.78, 5) is 34.8. The highest BCUT2D eigenvalue weighted by Crippen LogP contribution is 2.52. The van der Waals surface area contributed by atoms with Crippen LogP contribution in [0.4, 0.5) is 10.1 Å². The van der Waals surface area contributed by atoms with Gasteiger partial charge in [0.2, 0.25) is 0 Å². The molecule has 2 aromatic heterocycles. The van der Waals surface area contributed by atoms with E-state index in [4.69, 9.17) is 0 Å². The van der Waals surface area contributed by atoms with Crippen molar-refractivity contribution in [2.75, 3.05) is 37.7 Å². The number of piperidine rings is 2. The summed E-state index contributed by atoms with van der Waals surface area (Å²) in [5.41, 5.74) is 1.80. The van der Waals surface area contributed by atoms with E-state index in [-0.39, 0.29) is 18.0 Å². The summed E-state index contributed by atoms with van der Waals surface area (Å²) in [6.07, 6.45) is 8.19. The van der Waals surface area contributed by atoms with E-state index in [0.717, 1.165) is 50.1 Å². The predicted molar refractivity (Wildman–Crippen MR) is 163 cm³/mol. The molecule has 4 heterocycles. The number of benzene rings is 2. The largest absolute Gasteiger partial charge is 0.396 e. The molecule has 2 aromatic carbocycles. The van der Waals surface area contributed by atoms with Gasteiger partial charge < -0.3 is 20.0 Å². The number of likely N-dealkylation sites (tertiary alicyclic amines) is 1. The van der Waals surface area contributed by atoms with Gasteiger partial charge in [0.25, 0.3) is 11.5 Å². The lowest BCUT2D eigenvalue weighted by molar-refractivity contribution is -0.0299. The maximum atomic E-state index is 13.4. The molecule has 10 nitrogen and oxygen atoms in total. The zero-order valence-electron chi connectivity index (χ0n) is 24.6. The molecule has 1 saturated carbocycles. The fraction of sp³-hybridized carbons (Fsp3) is 0.455. The van der Waals surface area contributed by atoms with Crippen LogP contribution in [0.2, 0.25) is 0 Å². The van der Waals surface area contributed by atoms with Gasteiger partial charge in [-0.05, 0) is 98.4 Å². The lowest BCUT2D eigenvalue weighted by Crippen LogP contribution is -2.49. The van der Waals surface area contributed by atoms with Crippen LogP contribution < -0.4 is 10.5 Å². The molecule has 1 spiro atoms. The molecule has 1 amide bonds. The first-order valence-electron chi connectivity index (χ1n) is 15.4. The zero-order chi connectivity index (χ0) is 30.5. The molecular formula is C33H37FN6O4. The van der Waals surface area contributed by atoms with Crippen LogP contribution in [0.5, 0.6) is 0 Å². The molecule has 2 N–H and O–H groups in total. The Morgan fingerprint density at radius 3 is 2.25 bits per heavy atom. The number of aliphatic hydroxyl groups is 2. The molecule has 44 heavy (non-hydrogen) atoms. The van der Waals surface area contributed by atoms with E-state index < -0.39 is 11.4 Å². The van der Waals surface area contributed by atoms with Crippen LogP contribution in [0, 0.1) is 17.2 Å². The van der Waals surface area contributed by atoms with Gasteiger partial charge in [-0.1, -0.05) is 0 Å². The van der Waals surface area contributed by atoms with Crippen molar-refractivity contribution in [2.24, 2.45) is 11.3 Å². The number of carbonyl (C=O) groups excluding carboxylic acids is 1. The van der Waals surface area contributed by atoms with Gasteiger partial charge >= 0.3 is 0 Å². The summed E-state index contributed by atoms with van der Waals surface area (Å²) in [6, 6.07) is 13.6. The molecule has 2 aliphatic heterocycles. The Hall–Kier alpha value is -4.09. The SMILES string of the molecule is O=C(c1ccc(F)cc1)N1CCC(O)(Cn2cnc3c(cnn3-c3ccc(N4CCC5(CC4)CC(CO)C5)cc3)c2=O)CC1. The third-order valence-electron chi connectivity index (χ3n) is 10.1. The summed E-state index contributed by atoms with van der Waals surface area (Å²) in [5, 5.41) is 25.5. The Kier molecular flexibility index (Phi) is 7.25. The van der Waals surface area contributed by atoms with Crippen molar-refractivity contribution in [1.29, 1.82) is 0 Å².